The van der Waals surface area contributed by atoms with E-state index < -0.39 is 0 Å². The Morgan fingerprint density at radius 2 is 2.48 bits per heavy atom. The van der Waals surface area contributed by atoms with Gasteiger partial charge in [0, 0.05) is 42.5 Å². The molecule has 21 heavy (non-hydrogen) atoms. The number of aromatic nitrogens is 1. The Morgan fingerprint density at radius 3 is 3.19 bits per heavy atom. The van der Waals surface area contributed by atoms with Gasteiger partial charge in [0.2, 0.25) is 5.91 Å². The van der Waals surface area contributed by atoms with Crippen molar-refractivity contribution >= 4 is 29.0 Å². The topological polar surface area (TPSA) is 53.4 Å². The predicted octanol–water partition coefficient (Wildman–Crippen LogP) is 2.84. The maximum atomic E-state index is 12.3. The SMILES string of the molecule is Cc1nc(CSCCC(=O)N2CCCC2CCCO)cs1. The number of carbonyl (C=O) groups excluding carboxylic acids is 1. The smallest absolute Gasteiger partial charge is 0.223 e. The monoisotopic (exact) mass is 328 g/mol. The number of thioether (sulfide) groups is 1. The number of aliphatic hydroxyl groups excluding tert-OH is 1. The van der Waals surface area contributed by atoms with Gasteiger partial charge in [-0.2, -0.15) is 11.8 Å². The Balaban J connectivity index is 1.66. The fraction of sp³-hybridized carbons (Fsp3) is 0.733. The minimum Gasteiger partial charge on any atom is -0.396 e. The second-order valence-corrected chi connectivity index (χ2v) is 7.58. The molecule has 0 aromatic carbocycles. The van der Waals surface area contributed by atoms with E-state index >= 15 is 0 Å². The molecule has 1 aromatic rings. The summed E-state index contributed by atoms with van der Waals surface area (Å²) in [5.41, 5.74) is 1.12. The van der Waals surface area contributed by atoms with E-state index in [1.807, 2.05) is 11.8 Å². The number of carbonyl (C=O) groups is 1. The molecule has 1 atom stereocenters. The van der Waals surface area contributed by atoms with Crippen LogP contribution < -0.4 is 0 Å². The van der Waals surface area contributed by atoms with Crippen molar-refractivity contribution < 1.29 is 9.90 Å². The molecule has 0 saturated carbocycles. The highest BCUT2D eigenvalue weighted by Crippen LogP contribution is 2.23. The van der Waals surface area contributed by atoms with Crippen molar-refractivity contribution in [3.05, 3.63) is 16.1 Å². The van der Waals surface area contributed by atoms with E-state index in [1.165, 1.54) is 0 Å². The predicted molar refractivity (Wildman–Crippen MR) is 88.7 cm³/mol. The van der Waals surface area contributed by atoms with Gasteiger partial charge in [0.25, 0.3) is 0 Å². The van der Waals surface area contributed by atoms with Crippen LogP contribution in [0.1, 0.15) is 42.8 Å². The summed E-state index contributed by atoms with van der Waals surface area (Å²) in [5.74, 6) is 2.03. The molecule has 1 amide bonds. The average molecular weight is 329 g/mol. The molecule has 1 N–H and O–H groups in total. The van der Waals surface area contributed by atoms with Crippen LogP contribution in [0.4, 0.5) is 0 Å². The number of amides is 1. The zero-order valence-electron chi connectivity index (χ0n) is 12.6. The van der Waals surface area contributed by atoms with Crippen LogP contribution in [-0.2, 0) is 10.5 Å². The Kier molecular flexibility index (Phi) is 6.99. The summed E-state index contributed by atoms with van der Waals surface area (Å²) in [6.45, 7) is 3.13. The summed E-state index contributed by atoms with van der Waals surface area (Å²) in [7, 11) is 0. The molecule has 0 aliphatic carbocycles. The third-order valence-corrected chi connectivity index (χ3v) is 5.58. The molecule has 1 aliphatic rings. The minimum atomic E-state index is 0.224. The van der Waals surface area contributed by atoms with Gasteiger partial charge in [-0.25, -0.2) is 4.98 Å². The van der Waals surface area contributed by atoms with Crippen molar-refractivity contribution in [2.75, 3.05) is 18.9 Å². The molecule has 118 valence electrons. The van der Waals surface area contributed by atoms with Crippen LogP contribution in [0, 0.1) is 6.92 Å². The third-order valence-electron chi connectivity index (χ3n) is 3.77. The molecule has 1 aromatic heterocycles. The number of nitrogens with zero attached hydrogens (tertiary/aromatic N) is 2. The van der Waals surface area contributed by atoms with Crippen LogP contribution in [0.15, 0.2) is 5.38 Å². The fourth-order valence-corrected chi connectivity index (χ4v) is 4.28. The van der Waals surface area contributed by atoms with Crippen molar-refractivity contribution in [2.45, 2.75) is 50.8 Å². The van der Waals surface area contributed by atoms with Gasteiger partial charge in [-0.05, 0) is 32.6 Å². The van der Waals surface area contributed by atoms with E-state index in [2.05, 4.69) is 10.4 Å². The van der Waals surface area contributed by atoms with E-state index in [0.717, 1.165) is 54.4 Å². The summed E-state index contributed by atoms with van der Waals surface area (Å²) < 4.78 is 0. The second kappa shape index (κ2) is 8.76. The summed E-state index contributed by atoms with van der Waals surface area (Å²) in [6.07, 6.45) is 4.55. The van der Waals surface area contributed by atoms with Gasteiger partial charge in [-0.1, -0.05) is 0 Å². The number of thiazole rings is 1. The van der Waals surface area contributed by atoms with Crippen LogP contribution in [0.5, 0.6) is 0 Å². The van der Waals surface area contributed by atoms with E-state index in [-0.39, 0.29) is 12.5 Å². The van der Waals surface area contributed by atoms with Crippen molar-refractivity contribution in [2.24, 2.45) is 0 Å². The van der Waals surface area contributed by atoms with E-state index in [4.69, 9.17) is 5.11 Å². The number of hydrogen-bond acceptors (Lipinski definition) is 5. The standard InChI is InChI=1S/C15H24N2O2S2/c1-12-16-13(11-21-12)10-20-9-6-15(19)17-7-2-4-14(17)5-3-8-18/h11,14,18H,2-10H2,1H3. The molecule has 0 spiro atoms. The largest absolute Gasteiger partial charge is 0.396 e. The molecule has 0 bridgehead atoms. The summed E-state index contributed by atoms with van der Waals surface area (Å²) >= 11 is 3.46. The zero-order chi connectivity index (χ0) is 15.1. The molecule has 4 nitrogen and oxygen atoms in total. The molecule has 1 unspecified atom stereocenters. The fourth-order valence-electron chi connectivity index (χ4n) is 2.75. The quantitative estimate of drug-likeness (QED) is 0.746. The number of hydrogen-bond donors (Lipinski definition) is 1. The van der Waals surface area contributed by atoms with Crippen molar-refractivity contribution in [3.63, 3.8) is 0 Å². The number of aryl methyl sites for hydroxylation is 1. The second-order valence-electron chi connectivity index (χ2n) is 5.41. The van der Waals surface area contributed by atoms with Gasteiger partial charge >= 0.3 is 0 Å². The Hall–Kier alpha value is -0.590. The first kappa shape index (κ1) is 16.8. The van der Waals surface area contributed by atoms with Crippen molar-refractivity contribution in [1.29, 1.82) is 0 Å². The normalized spacial score (nSPS) is 18.4. The van der Waals surface area contributed by atoms with Gasteiger partial charge in [0.1, 0.15) is 0 Å². The van der Waals surface area contributed by atoms with Crippen LogP contribution in [0.25, 0.3) is 0 Å². The highest BCUT2D eigenvalue weighted by molar-refractivity contribution is 7.98. The molecule has 2 rings (SSSR count). The highest BCUT2D eigenvalue weighted by atomic mass is 32.2. The third kappa shape index (κ3) is 5.27. The Labute approximate surface area is 135 Å². The van der Waals surface area contributed by atoms with Crippen LogP contribution >= 0.6 is 23.1 Å². The summed E-state index contributed by atoms with van der Waals surface area (Å²) in [4.78, 5) is 18.7. The van der Waals surface area contributed by atoms with Gasteiger partial charge in [0.05, 0.1) is 10.7 Å². The molecule has 1 aliphatic heterocycles. The van der Waals surface area contributed by atoms with E-state index in [0.29, 0.717) is 12.5 Å². The first-order valence-corrected chi connectivity index (χ1v) is 9.63. The Bertz CT molecular complexity index is 451. The lowest BCUT2D eigenvalue weighted by atomic mass is 10.1. The van der Waals surface area contributed by atoms with E-state index in [1.54, 1.807) is 23.1 Å². The van der Waals surface area contributed by atoms with Gasteiger partial charge in [-0.3, -0.25) is 4.79 Å². The molecular formula is C15H24N2O2S2. The lowest BCUT2D eigenvalue weighted by molar-refractivity contribution is -0.131. The van der Waals surface area contributed by atoms with Crippen LogP contribution in [0.3, 0.4) is 0 Å². The number of rotatable bonds is 8. The first-order valence-electron chi connectivity index (χ1n) is 7.60. The zero-order valence-corrected chi connectivity index (χ0v) is 14.2. The molecule has 2 heterocycles. The molecule has 6 heteroatoms. The maximum Gasteiger partial charge on any atom is 0.223 e. The lowest BCUT2D eigenvalue weighted by Gasteiger charge is -2.24. The Morgan fingerprint density at radius 1 is 1.62 bits per heavy atom. The highest BCUT2D eigenvalue weighted by Gasteiger charge is 2.27. The summed E-state index contributed by atoms with van der Waals surface area (Å²) in [6, 6.07) is 0.357. The number of aliphatic hydroxyl groups is 1. The lowest BCUT2D eigenvalue weighted by Crippen LogP contribution is -2.35. The summed E-state index contributed by atoms with van der Waals surface area (Å²) in [5, 5.41) is 12.1. The minimum absolute atomic E-state index is 0.224. The maximum absolute atomic E-state index is 12.3. The molecule has 0 radical (unpaired) electrons. The van der Waals surface area contributed by atoms with E-state index in [9.17, 15) is 4.79 Å². The number of likely N-dealkylation sites (tertiary alicyclic amines) is 1. The first-order chi connectivity index (χ1) is 10.2. The van der Waals surface area contributed by atoms with Gasteiger partial charge < -0.3 is 10.0 Å². The van der Waals surface area contributed by atoms with Gasteiger partial charge in [0.15, 0.2) is 0 Å². The van der Waals surface area contributed by atoms with Crippen LogP contribution in [0.2, 0.25) is 0 Å². The average Bonchev–Trinajstić information content (AvgIpc) is 3.10. The molecule has 1 fully saturated rings. The van der Waals surface area contributed by atoms with Crippen molar-refractivity contribution in [3.8, 4) is 0 Å². The van der Waals surface area contributed by atoms with Gasteiger partial charge in [-0.15, -0.1) is 11.3 Å². The molecule has 1 saturated heterocycles. The van der Waals surface area contributed by atoms with Crippen molar-refractivity contribution in [1.82, 2.24) is 9.88 Å². The molecular weight excluding hydrogens is 304 g/mol. The van der Waals surface area contributed by atoms with Crippen LogP contribution in [-0.4, -0.2) is 45.8 Å².